The Bertz CT molecular complexity index is 1250. The molecule has 2 aliphatic carbocycles. The molecule has 0 nitrogen and oxygen atoms in total. The first kappa shape index (κ1) is 25.4. The third-order valence-electron chi connectivity index (χ3n) is 7.28. The summed E-state index contributed by atoms with van der Waals surface area (Å²) in [5.74, 6) is 0. The first-order valence-electron chi connectivity index (χ1n) is 11.5. The summed E-state index contributed by atoms with van der Waals surface area (Å²) in [6, 6.07) is 30.8. The SMILES string of the molecule is BrBr.CC1(C)c2ccccc2-c2ccccc21.Cc1ccc2c(c1)C(C)(C)c1cc(Br)ccc1-2. The Morgan fingerprint density at radius 3 is 1.47 bits per heavy atom. The van der Waals surface area contributed by atoms with Gasteiger partial charge in [0.1, 0.15) is 0 Å². The normalized spacial score (nSPS) is 14.9. The van der Waals surface area contributed by atoms with E-state index in [1.54, 1.807) is 0 Å². The van der Waals surface area contributed by atoms with E-state index in [0.717, 1.165) is 4.47 Å². The predicted molar refractivity (Wildman–Crippen MR) is 158 cm³/mol. The molecule has 34 heavy (non-hydrogen) atoms. The second-order valence-electron chi connectivity index (χ2n) is 10.1. The van der Waals surface area contributed by atoms with Gasteiger partial charge in [0.2, 0.25) is 0 Å². The van der Waals surface area contributed by atoms with Crippen LogP contribution >= 0.6 is 44.2 Å². The molecule has 174 valence electrons. The van der Waals surface area contributed by atoms with Crippen LogP contribution in [0, 0.1) is 6.92 Å². The third-order valence-corrected chi connectivity index (χ3v) is 7.78. The molecule has 0 fully saturated rings. The number of hydrogen-bond donors (Lipinski definition) is 0. The van der Waals surface area contributed by atoms with Crippen molar-refractivity contribution in [3.63, 3.8) is 0 Å². The topological polar surface area (TPSA) is 0 Å². The Labute approximate surface area is 227 Å². The lowest BCUT2D eigenvalue weighted by Crippen LogP contribution is -2.15. The molecule has 0 aromatic heterocycles. The molecule has 2 aliphatic rings. The van der Waals surface area contributed by atoms with Crippen LogP contribution in [0.5, 0.6) is 0 Å². The lowest BCUT2D eigenvalue weighted by Gasteiger charge is -2.21. The maximum atomic E-state index is 3.58. The lowest BCUT2D eigenvalue weighted by molar-refractivity contribution is 0.659. The Morgan fingerprint density at radius 2 is 0.912 bits per heavy atom. The summed E-state index contributed by atoms with van der Waals surface area (Å²) < 4.78 is 1.16. The van der Waals surface area contributed by atoms with Crippen LogP contribution in [0.4, 0.5) is 0 Å². The zero-order valence-electron chi connectivity index (χ0n) is 20.2. The molecule has 4 aromatic rings. The van der Waals surface area contributed by atoms with Crippen molar-refractivity contribution in [3.05, 3.63) is 117 Å². The lowest BCUT2D eigenvalue weighted by atomic mass is 9.82. The molecular weight excluding hydrogens is 612 g/mol. The first-order valence-corrected chi connectivity index (χ1v) is 16.0. The summed E-state index contributed by atoms with van der Waals surface area (Å²) in [6.45, 7) is 11.4. The first-order chi connectivity index (χ1) is 16.2. The molecule has 6 rings (SSSR count). The molecule has 0 amide bonds. The van der Waals surface area contributed by atoms with Crippen molar-refractivity contribution in [2.75, 3.05) is 0 Å². The van der Waals surface area contributed by atoms with Crippen LogP contribution < -0.4 is 0 Å². The van der Waals surface area contributed by atoms with Gasteiger partial charge in [0.15, 0.2) is 0 Å². The minimum absolute atomic E-state index is 0.112. The fraction of sp³-hybridized carbons (Fsp3) is 0.226. The molecule has 0 N–H and O–H groups in total. The molecular formula is C31H29Br3. The van der Waals surface area contributed by atoms with Crippen LogP contribution in [-0.2, 0) is 10.8 Å². The molecule has 3 heteroatoms. The van der Waals surface area contributed by atoms with Gasteiger partial charge >= 0.3 is 0 Å². The molecule has 0 bridgehead atoms. The molecule has 0 saturated heterocycles. The molecule has 0 heterocycles. The van der Waals surface area contributed by atoms with Crippen LogP contribution in [0.1, 0.15) is 55.5 Å². The fourth-order valence-corrected chi connectivity index (χ4v) is 5.86. The highest BCUT2D eigenvalue weighted by Gasteiger charge is 2.35. The highest BCUT2D eigenvalue weighted by atomic mass is 80.9. The van der Waals surface area contributed by atoms with Gasteiger partial charge in [-0.25, -0.2) is 0 Å². The quantitative estimate of drug-likeness (QED) is 0.179. The average molecular weight is 641 g/mol. The molecule has 4 aromatic carbocycles. The van der Waals surface area contributed by atoms with Crippen LogP contribution in [-0.4, -0.2) is 0 Å². The summed E-state index contributed by atoms with van der Waals surface area (Å²) in [5.41, 5.74) is 13.0. The number of fused-ring (bicyclic) bond motifs is 6. The molecule has 0 aliphatic heterocycles. The van der Waals surface area contributed by atoms with Crippen LogP contribution in [0.2, 0.25) is 0 Å². The molecule has 0 spiro atoms. The maximum Gasteiger partial charge on any atom is 0.0178 e. The van der Waals surface area contributed by atoms with Gasteiger partial charge in [-0.3, -0.25) is 0 Å². The Balaban J connectivity index is 0.000000151. The number of halogens is 3. The monoisotopic (exact) mass is 638 g/mol. The number of rotatable bonds is 0. The van der Waals surface area contributed by atoms with E-state index in [-0.39, 0.29) is 10.8 Å². The van der Waals surface area contributed by atoms with E-state index in [9.17, 15) is 0 Å². The van der Waals surface area contributed by atoms with Gasteiger partial charge in [-0.1, -0.05) is 122 Å². The highest BCUT2D eigenvalue weighted by Crippen LogP contribution is 2.50. The summed E-state index contributed by atoms with van der Waals surface area (Å²) in [6.07, 6.45) is 0. The van der Waals surface area contributed by atoms with Crippen LogP contribution in [0.15, 0.2) is 89.4 Å². The molecule has 0 atom stereocenters. The standard InChI is InChI=1S/C16H15Br.C15H14.Br2/c1-10-4-6-12-13-7-5-11(17)9-15(13)16(2,3)14(12)8-10;1-15(2)13-9-5-3-7-11(13)12-8-4-6-10-14(12)15;1-2/h4-9H,1-3H3;3-10H,1-2H3;. The second kappa shape index (κ2) is 9.76. The van der Waals surface area contributed by atoms with E-state index in [1.165, 1.54) is 50.1 Å². The zero-order valence-corrected chi connectivity index (χ0v) is 25.0. The number of benzene rings is 4. The van der Waals surface area contributed by atoms with Gasteiger partial charge in [-0.2, -0.15) is 0 Å². The summed E-state index contributed by atoms with van der Waals surface area (Å²) >= 11 is 9.08. The van der Waals surface area contributed by atoms with Gasteiger partial charge in [0.05, 0.1) is 0 Å². The van der Waals surface area contributed by atoms with E-state index in [0.29, 0.717) is 0 Å². The average Bonchev–Trinajstić information content (AvgIpc) is 3.21. The van der Waals surface area contributed by atoms with Crippen molar-refractivity contribution < 1.29 is 0 Å². The van der Waals surface area contributed by atoms with Crippen molar-refractivity contribution in [2.24, 2.45) is 0 Å². The van der Waals surface area contributed by atoms with E-state index < -0.39 is 0 Å². The van der Waals surface area contributed by atoms with Gasteiger partial charge in [-0.15, -0.1) is 0 Å². The van der Waals surface area contributed by atoms with Crippen molar-refractivity contribution in [2.45, 2.75) is 45.4 Å². The summed E-state index contributed by atoms with van der Waals surface area (Å²) in [7, 11) is 0. The predicted octanol–water partition coefficient (Wildman–Crippen LogP) is 10.7. The largest absolute Gasteiger partial charge is 0.0619 e. The zero-order chi connectivity index (χ0) is 24.7. The van der Waals surface area contributed by atoms with Gasteiger partial charge in [0, 0.05) is 43.6 Å². The summed E-state index contributed by atoms with van der Waals surface area (Å²) in [4.78, 5) is 0. The molecule has 0 unspecified atom stereocenters. The third kappa shape index (κ3) is 4.25. The van der Waals surface area contributed by atoms with E-state index in [4.69, 9.17) is 0 Å². The van der Waals surface area contributed by atoms with E-state index in [1.807, 2.05) is 0 Å². The fourth-order valence-electron chi connectivity index (χ4n) is 5.49. The molecule has 0 saturated carbocycles. The minimum atomic E-state index is 0.112. The van der Waals surface area contributed by atoms with Crippen LogP contribution in [0.3, 0.4) is 0 Å². The maximum absolute atomic E-state index is 3.58. The van der Waals surface area contributed by atoms with Gasteiger partial charge in [-0.05, 0) is 63.6 Å². The van der Waals surface area contributed by atoms with E-state index >= 15 is 0 Å². The van der Waals surface area contributed by atoms with Gasteiger partial charge in [0.25, 0.3) is 0 Å². The van der Waals surface area contributed by atoms with E-state index in [2.05, 4.69) is 164 Å². The van der Waals surface area contributed by atoms with Gasteiger partial charge < -0.3 is 0 Å². The summed E-state index contributed by atoms with van der Waals surface area (Å²) in [5, 5.41) is 0. The Morgan fingerprint density at radius 1 is 0.500 bits per heavy atom. The second-order valence-corrected chi connectivity index (χ2v) is 11.0. The number of hydrogen-bond acceptors (Lipinski definition) is 0. The molecule has 0 radical (unpaired) electrons. The van der Waals surface area contributed by atoms with Crippen molar-refractivity contribution in [1.29, 1.82) is 0 Å². The Hall–Kier alpha value is -1.68. The smallest absolute Gasteiger partial charge is 0.0178 e. The highest BCUT2D eigenvalue weighted by molar-refractivity contribution is 9.93. The van der Waals surface area contributed by atoms with Crippen molar-refractivity contribution >= 4 is 44.2 Å². The van der Waals surface area contributed by atoms with Crippen LogP contribution in [0.25, 0.3) is 22.3 Å². The number of aryl methyl sites for hydroxylation is 1. The van der Waals surface area contributed by atoms with Crippen molar-refractivity contribution in [1.82, 2.24) is 0 Å². The Kier molecular flexibility index (Phi) is 7.29. The van der Waals surface area contributed by atoms with Crippen molar-refractivity contribution in [3.8, 4) is 22.3 Å². The minimum Gasteiger partial charge on any atom is -0.0619 e.